The van der Waals surface area contributed by atoms with Gasteiger partial charge in [-0.2, -0.15) is 0 Å². The summed E-state index contributed by atoms with van der Waals surface area (Å²) in [6.07, 6.45) is 0. The lowest BCUT2D eigenvalue weighted by molar-refractivity contribution is -0.0587. The Kier molecular flexibility index (Phi) is 1.23. The Hall–Kier alpha value is -0.180. The highest BCUT2D eigenvalue weighted by molar-refractivity contribution is 4.83. The fraction of sp³-hybridized carbons (Fsp3) is 1.00. The summed E-state index contributed by atoms with van der Waals surface area (Å²) in [5.74, 6) is -2.88. The molecule has 1 fully saturated rings. The molecule has 1 N–H and O–H groups in total. The third-order valence-corrected chi connectivity index (χ3v) is 1.50. The molecular formula is C5H9F2N. The van der Waals surface area contributed by atoms with Crippen LogP contribution in [0.15, 0.2) is 0 Å². The van der Waals surface area contributed by atoms with Gasteiger partial charge in [-0.3, -0.25) is 0 Å². The van der Waals surface area contributed by atoms with Gasteiger partial charge >= 0.3 is 0 Å². The van der Waals surface area contributed by atoms with Gasteiger partial charge in [0, 0.05) is 19.0 Å². The SMILES string of the molecule is CC(F)(F)C1CNC1. The lowest BCUT2D eigenvalue weighted by atomic mass is 9.97. The molecule has 0 spiro atoms. The Morgan fingerprint density at radius 2 is 2.00 bits per heavy atom. The lowest BCUT2D eigenvalue weighted by Crippen LogP contribution is -2.50. The van der Waals surface area contributed by atoms with Crippen LogP contribution in [0, 0.1) is 5.92 Å². The molecule has 0 atom stereocenters. The normalized spacial score (nSPS) is 22.9. The monoisotopic (exact) mass is 121 g/mol. The third-order valence-electron chi connectivity index (χ3n) is 1.50. The van der Waals surface area contributed by atoms with Gasteiger partial charge in [-0.15, -0.1) is 0 Å². The van der Waals surface area contributed by atoms with Crippen LogP contribution in [0.25, 0.3) is 0 Å². The Bertz CT molecular complexity index is 82.9. The first-order valence-electron chi connectivity index (χ1n) is 2.69. The highest BCUT2D eigenvalue weighted by Crippen LogP contribution is 2.25. The standard InChI is InChI=1S/C5H9F2N/c1-5(6,7)4-2-8-3-4/h4,8H,2-3H2,1H3. The molecule has 1 aliphatic rings. The van der Waals surface area contributed by atoms with E-state index in [1.54, 1.807) is 0 Å². The Labute approximate surface area is 47.1 Å². The fourth-order valence-corrected chi connectivity index (χ4v) is 0.647. The van der Waals surface area contributed by atoms with Crippen molar-refractivity contribution in [2.75, 3.05) is 13.1 Å². The van der Waals surface area contributed by atoms with Crippen molar-refractivity contribution in [2.24, 2.45) is 5.92 Å². The Balaban J connectivity index is 2.34. The lowest BCUT2D eigenvalue weighted by Gasteiger charge is -2.31. The summed E-state index contributed by atoms with van der Waals surface area (Å²) in [4.78, 5) is 0. The van der Waals surface area contributed by atoms with Crippen LogP contribution in [0.2, 0.25) is 0 Å². The van der Waals surface area contributed by atoms with Crippen molar-refractivity contribution in [1.82, 2.24) is 5.32 Å². The van der Waals surface area contributed by atoms with E-state index < -0.39 is 11.8 Å². The highest BCUT2D eigenvalue weighted by Gasteiger charge is 2.37. The minimum atomic E-state index is -2.47. The highest BCUT2D eigenvalue weighted by atomic mass is 19.3. The minimum absolute atomic E-state index is 0.414. The molecule has 1 heterocycles. The van der Waals surface area contributed by atoms with Crippen molar-refractivity contribution < 1.29 is 8.78 Å². The first-order chi connectivity index (χ1) is 3.61. The Morgan fingerprint density at radius 1 is 1.50 bits per heavy atom. The molecule has 1 rings (SSSR count). The molecule has 1 saturated heterocycles. The molecule has 0 amide bonds. The summed E-state index contributed by atoms with van der Waals surface area (Å²) >= 11 is 0. The van der Waals surface area contributed by atoms with Crippen LogP contribution in [0.1, 0.15) is 6.92 Å². The van der Waals surface area contributed by atoms with Crippen LogP contribution in [-0.2, 0) is 0 Å². The van der Waals surface area contributed by atoms with Crippen molar-refractivity contribution in [2.45, 2.75) is 12.8 Å². The zero-order valence-corrected chi connectivity index (χ0v) is 4.75. The van der Waals surface area contributed by atoms with E-state index in [4.69, 9.17) is 0 Å². The fourth-order valence-electron chi connectivity index (χ4n) is 0.647. The molecule has 48 valence electrons. The average molecular weight is 121 g/mol. The number of halogens is 2. The van der Waals surface area contributed by atoms with Crippen molar-refractivity contribution in [1.29, 1.82) is 0 Å². The van der Waals surface area contributed by atoms with Crippen LogP contribution < -0.4 is 5.32 Å². The van der Waals surface area contributed by atoms with Gasteiger partial charge < -0.3 is 5.32 Å². The van der Waals surface area contributed by atoms with E-state index in [1.165, 1.54) is 0 Å². The van der Waals surface area contributed by atoms with E-state index in [-0.39, 0.29) is 0 Å². The molecule has 0 aromatic carbocycles. The van der Waals surface area contributed by atoms with Crippen molar-refractivity contribution in [3.63, 3.8) is 0 Å². The van der Waals surface area contributed by atoms with Gasteiger partial charge in [-0.25, -0.2) is 8.78 Å². The number of nitrogens with one attached hydrogen (secondary N) is 1. The van der Waals surface area contributed by atoms with Gasteiger partial charge in [0.15, 0.2) is 0 Å². The molecule has 0 unspecified atom stereocenters. The van der Waals surface area contributed by atoms with E-state index in [0.717, 1.165) is 6.92 Å². The summed E-state index contributed by atoms with van der Waals surface area (Å²) in [5.41, 5.74) is 0. The zero-order chi connectivity index (χ0) is 6.20. The van der Waals surface area contributed by atoms with Gasteiger partial charge in [0.05, 0.1) is 0 Å². The number of alkyl halides is 2. The van der Waals surface area contributed by atoms with Crippen molar-refractivity contribution in [3.05, 3.63) is 0 Å². The molecule has 0 aromatic heterocycles. The molecule has 0 saturated carbocycles. The molecule has 8 heavy (non-hydrogen) atoms. The molecule has 0 bridgehead atoms. The predicted octanol–water partition coefficient (Wildman–Crippen LogP) is 0.861. The third kappa shape index (κ3) is 0.968. The maximum atomic E-state index is 12.1. The van der Waals surface area contributed by atoms with Crippen LogP contribution in [0.4, 0.5) is 8.78 Å². The molecule has 1 nitrogen and oxygen atoms in total. The summed E-state index contributed by atoms with van der Waals surface area (Å²) in [5, 5.41) is 2.79. The number of hydrogen-bond acceptors (Lipinski definition) is 1. The van der Waals surface area contributed by atoms with Crippen LogP contribution >= 0.6 is 0 Å². The summed E-state index contributed by atoms with van der Waals surface area (Å²) in [6, 6.07) is 0. The topological polar surface area (TPSA) is 12.0 Å². The summed E-state index contributed by atoms with van der Waals surface area (Å²) in [7, 11) is 0. The molecule has 0 radical (unpaired) electrons. The van der Waals surface area contributed by atoms with Crippen LogP contribution in [0.3, 0.4) is 0 Å². The molecular weight excluding hydrogens is 112 g/mol. The van der Waals surface area contributed by atoms with Gasteiger partial charge in [0.25, 0.3) is 5.92 Å². The molecule has 3 heteroatoms. The predicted molar refractivity (Wildman–Crippen MR) is 27.0 cm³/mol. The van der Waals surface area contributed by atoms with Crippen molar-refractivity contribution >= 4 is 0 Å². The second kappa shape index (κ2) is 1.65. The first-order valence-corrected chi connectivity index (χ1v) is 2.69. The largest absolute Gasteiger partial charge is 0.316 e. The van der Waals surface area contributed by atoms with Crippen molar-refractivity contribution in [3.8, 4) is 0 Å². The zero-order valence-electron chi connectivity index (χ0n) is 4.75. The second-order valence-corrected chi connectivity index (χ2v) is 2.31. The summed E-state index contributed by atoms with van der Waals surface area (Å²) < 4.78 is 24.3. The summed E-state index contributed by atoms with van der Waals surface area (Å²) in [6.45, 7) is 1.92. The molecule has 0 aromatic rings. The van der Waals surface area contributed by atoms with Crippen LogP contribution in [-0.4, -0.2) is 19.0 Å². The van der Waals surface area contributed by atoms with Gasteiger partial charge in [0.1, 0.15) is 0 Å². The maximum Gasteiger partial charge on any atom is 0.250 e. The van der Waals surface area contributed by atoms with E-state index in [2.05, 4.69) is 5.32 Å². The van der Waals surface area contributed by atoms with Gasteiger partial charge in [-0.1, -0.05) is 0 Å². The molecule has 1 aliphatic heterocycles. The minimum Gasteiger partial charge on any atom is -0.316 e. The average Bonchev–Trinajstić information content (AvgIpc) is 1.16. The quantitative estimate of drug-likeness (QED) is 0.542. The van der Waals surface area contributed by atoms with Crippen LogP contribution in [0.5, 0.6) is 0 Å². The molecule has 0 aliphatic carbocycles. The van der Waals surface area contributed by atoms with E-state index in [0.29, 0.717) is 13.1 Å². The van der Waals surface area contributed by atoms with Gasteiger partial charge in [0.2, 0.25) is 0 Å². The Morgan fingerprint density at radius 3 is 2.00 bits per heavy atom. The first kappa shape index (κ1) is 5.95. The van der Waals surface area contributed by atoms with Gasteiger partial charge in [-0.05, 0) is 6.92 Å². The van der Waals surface area contributed by atoms with E-state index in [1.807, 2.05) is 0 Å². The number of hydrogen-bond donors (Lipinski definition) is 1. The second-order valence-electron chi connectivity index (χ2n) is 2.31. The maximum absolute atomic E-state index is 12.1. The number of rotatable bonds is 1. The smallest absolute Gasteiger partial charge is 0.250 e. The van der Waals surface area contributed by atoms with E-state index in [9.17, 15) is 8.78 Å². The van der Waals surface area contributed by atoms with E-state index >= 15 is 0 Å².